The van der Waals surface area contributed by atoms with Gasteiger partial charge in [-0.3, -0.25) is 0 Å². The zero-order chi connectivity index (χ0) is 8.27. The molecule has 0 bridgehead atoms. The molecule has 0 atom stereocenters. The number of nitrogen functional groups attached to an aromatic ring is 1. The lowest BCUT2D eigenvalue weighted by atomic mass is 10.1. The Labute approximate surface area is 67.5 Å². The summed E-state index contributed by atoms with van der Waals surface area (Å²) in [6, 6.07) is 6.05. The monoisotopic (exact) mass is 147 g/mol. The number of aryl methyl sites for hydroxylation is 1. The molecule has 11 heavy (non-hydrogen) atoms. The molecule has 0 aliphatic rings. The summed E-state index contributed by atoms with van der Waals surface area (Å²) in [5, 5.41) is 0. The van der Waals surface area contributed by atoms with E-state index >= 15 is 0 Å². The molecule has 0 aromatic heterocycles. The van der Waals surface area contributed by atoms with Gasteiger partial charge in [0.1, 0.15) is 0 Å². The lowest BCUT2D eigenvalue weighted by molar-refractivity contribution is 1.46. The van der Waals surface area contributed by atoms with E-state index in [1.807, 2.05) is 44.2 Å². The fraction of sp³-hybridized carbons (Fsp3) is 0.200. The van der Waals surface area contributed by atoms with Gasteiger partial charge in [-0.15, -0.1) is 0 Å². The SMILES string of the molecule is C/C=C\c1cccc(C)c1N. The van der Waals surface area contributed by atoms with Crippen molar-refractivity contribution in [3.05, 3.63) is 35.4 Å². The molecular formula is C10H13N. The van der Waals surface area contributed by atoms with Crippen LogP contribution in [0.4, 0.5) is 5.69 Å². The molecule has 1 nitrogen and oxygen atoms in total. The third-order valence-corrected chi connectivity index (χ3v) is 1.70. The lowest BCUT2D eigenvalue weighted by Gasteiger charge is -2.02. The Morgan fingerprint density at radius 3 is 2.73 bits per heavy atom. The van der Waals surface area contributed by atoms with Crippen LogP contribution in [0.1, 0.15) is 18.1 Å². The Balaban J connectivity index is 3.16. The van der Waals surface area contributed by atoms with Crippen LogP contribution in [0.25, 0.3) is 6.08 Å². The predicted molar refractivity (Wildman–Crippen MR) is 50.3 cm³/mol. The molecule has 0 spiro atoms. The first-order chi connectivity index (χ1) is 5.25. The summed E-state index contributed by atoms with van der Waals surface area (Å²) in [7, 11) is 0. The van der Waals surface area contributed by atoms with Crippen LogP contribution in [-0.2, 0) is 0 Å². The zero-order valence-electron chi connectivity index (χ0n) is 6.96. The third-order valence-electron chi connectivity index (χ3n) is 1.70. The van der Waals surface area contributed by atoms with Crippen LogP contribution in [0.2, 0.25) is 0 Å². The van der Waals surface area contributed by atoms with Crippen molar-refractivity contribution in [2.24, 2.45) is 0 Å². The summed E-state index contributed by atoms with van der Waals surface area (Å²) in [6.45, 7) is 4.00. The van der Waals surface area contributed by atoms with E-state index < -0.39 is 0 Å². The molecule has 0 heterocycles. The van der Waals surface area contributed by atoms with Crippen LogP contribution in [0.5, 0.6) is 0 Å². The Morgan fingerprint density at radius 2 is 2.09 bits per heavy atom. The second-order valence-corrected chi connectivity index (χ2v) is 2.58. The van der Waals surface area contributed by atoms with E-state index in [2.05, 4.69) is 0 Å². The van der Waals surface area contributed by atoms with Gasteiger partial charge in [0.05, 0.1) is 0 Å². The van der Waals surface area contributed by atoms with E-state index in [1.165, 1.54) is 0 Å². The first kappa shape index (κ1) is 7.86. The van der Waals surface area contributed by atoms with Crippen molar-refractivity contribution >= 4 is 11.8 Å². The predicted octanol–water partition coefficient (Wildman–Crippen LogP) is 2.61. The minimum absolute atomic E-state index is 0.880. The number of nitrogens with two attached hydrogens (primary N) is 1. The molecular weight excluding hydrogens is 134 g/mol. The van der Waals surface area contributed by atoms with Crippen molar-refractivity contribution in [1.29, 1.82) is 0 Å². The molecule has 0 aliphatic heterocycles. The van der Waals surface area contributed by atoms with Crippen LogP contribution in [0.3, 0.4) is 0 Å². The van der Waals surface area contributed by atoms with Crippen LogP contribution in [0, 0.1) is 6.92 Å². The molecule has 0 saturated carbocycles. The molecule has 0 amide bonds. The minimum atomic E-state index is 0.880. The van der Waals surface area contributed by atoms with Crippen LogP contribution in [-0.4, -0.2) is 0 Å². The number of rotatable bonds is 1. The molecule has 1 rings (SSSR count). The van der Waals surface area contributed by atoms with Crippen molar-refractivity contribution in [1.82, 2.24) is 0 Å². The number of hydrogen-bond acceptors (Lipinski definition) is 1. The van der Waals surface area contributed by atoms with Gasteiger partial charge in [0.15, 0.2) is 0 Å². The fourth-order valence-corrected chi connectivity index (χ4v) is 1.03. The molecule has 1 aromatic carbocycles. The standard InChI is InChI=1S/C10H13N/c1-3-5-9-7-4-6-8(2)10(9)11/h3-7H,11H2,1-2H3/b5-3-. The Hall–Kier alpha value is -1.24. The maximum atomic E-state index is 5.82. The number of benzene rings is 1. The summed E-state index contributed by atoms with van der Waals surface area (Å²) in [5.41, 5.74) is 8.94. The fourth-order valence-electron chi connectivity index (χ4n) is 1.03. The number of anilines is 1. The molecule has 0 aliphatic carbocycles. The van der Waals surface area contributed by atoms with Gasteiger partial charge in [0, 0.05) is 5.69 Å². The molecule has 0 unspecified atom stereocenters. The van der Waals surface area contributed by atoms with Gasteiger partial charge in [0.2, 0.25) is 0 Å². The molecule has 0 radical (unpaired) electrons. The molecule has 2 N–H and O–H groups in total. The molecule has 0 saturated heterocycles. The Bertz CT molecular complexity index is 274. The molecule has 0 fully saturated rings. The van der Waals surface area contributed by atoms with E-state index in [4.69, 9.17) is 5.73 Å². The van der Waals surface area contributed by atoms with Gasteiger partial charge in [-0.05, 0) is 25.0 Å². The average Bonchev–Trinajstić information content (AvgIpc) is 1.99. The summed E-state index contributed by atoms with van der Waals surface area (Å²) in [6.07, 6.45) is 4.01. The first-order valence-electron chi connectivity index (χ1n) is 3.73. The maximum absolute atomic E-state index is 5.82. The van der Waals surface area contributed by atoms with Gasteiger partial charge in [-0.2, -0.15) is 0 Å². The van der Waals surface area contributed by atoms with Crippen molar-refractivity contribution < 1.29 is 0 Å². The molecule has 1 heteroatoms. The van der Waals surface area contributed by atoms with E-state index in [0.29, 0.717) is 0 Å². The van der Waals surface area contributed by atoms with Crippen molar-refractivity contribution in [3.63, 3.8) is 0 Å². The van der Waals surface area contributed by atoms with Crippen molar-refractivity contribution in [3.8, 4) is 0 Å². The van der Waals surface area contributed by atoms with E-state index in [0.717, 1.165) is 16.8 Å². The van der Waals surface area contributed by atoms with Gasteiger partial charge >= 0.3 is 0 Å². The topological polar surface area (TPSA) is 26.0 Å². The number of allylic oxidation sites excluding steroid dienone is 1. The van der Waals surface area contributed by atoms with E-state index in [-0.39, 0.29) is 0 Å². The molecule has 58 valence electrons. The largest absolute Gasteiger partial charge is 0.398 e. The van der Waals surface area contributed by atoms with E-state index in [9.17, 15) is 0 Å². The summed E-state index contributed by atoms with van der Waals surface area (Å²) >= 11 is 0. The zero-order valence-corrected chi connectivity index (χ0v) is 6.96. The highest BCUT2D eigenvalue weighted by Crippen LogP contribution is 2.17. The summed E-state index contributed by atoms with van der Waals surface area (Å²) < 4.78 is 0. The van der Waals surface area contributed by atoms with Crippen LogP contribution in [0.15, 0.2) is 24.3 Å². The Morgan fingerprint density at radius 1 is 1.36 bits per heavy atom. The van der Waals surface area contributed by atoms with Gasteiger partial charge < -0.3 is 5.73 Å². The number of hydrogen-bond donors (Lipinski definition) is 1. The van der Waals surface area contributed by atoms with E-state index in [1.54, 1.807) is 0 Å². The number of para-hydroxylation sites is 1. The summed E-state index contributed by atoms with van der Waals surface area (Å²) in [4.78, 5) is 0. The highest BCUT2D eigenvalue weighted by Gasteiger charge is 1.95. The lowest BCUT2D eigenvalue weighted by Crippen LogP contribution is -1.91. The highest BCUT2D eigenvalue weighted by atomic mass is 14.6. The minimum Gasteiger partial charge on any atom is -0.398 e. The first-order valence-corrected chi connectivity index (χ1v) is 3.73. The van der Waals surface area contributed by atoms with Crippen molar-refractivity contribution in [2.75, 3.05) is 5.73 Å². The smallest absolute Gasteiger partial charge is 0.0417 e. The van der Waals surface area contributed by atoms with Crippen LogP contribution >= 0.6 is 0 Å². The molecule has 1 aromatic rings. The summed E-state index contributed by atoms with van der Waals surface area (Å²) in [5.74, 6) is 0. The van der Waals surface area contributed by atoms with Gasteiger partial charge in [-0.25, -0.2) is 0 Å². The second kappa shape index (κ2) is 3.24. The second-order valence-electron chi connectivity index (χ2n) is 2.58. The third kappa shape index (κ3) is 1.61. The van der Waals surface area contributed by atoms with Gasteiger partial charge in [-0.1, -0.05) is 30.4 Å². The maximum Gasteiger partial charge on any atom is 0.0417 e. The van der Waals surface area contributed by atoms with Crippen LogP contribution < -0.4 is 5.73 Å². The van der Waals surface area contributed by atoms with Gasteiger partial charge in [0.25, 0.3) is 0 Å². The Kier molecular flexibility index (Phi) is 2.32. The quantitative estimate of drug-likeness (QED) is 0.607. The van der Waals surface area contributed by atoms with Crippen molar-refractivity contribution in [2.45, 2.75) is 13.8 Å². The average molecular weight is 147 g/mol. The highest BCUT2D eigenvalue weighted by molar-refractivity contribution is 5.67. The normalized spacial score (nSPS) is 10.7.